The van der Waals surface area contributed by atoms with Crippen molar-refractivity contribution in [2.75, 3.05) is 11.9 Å². The van der Waals surface area contributed by atoms with Crippen molar-refractivity contribution in [1.29, 1.82) is 0 Å². The topological polar surface area (TPSA) is 32.3 Å². The molecule has 0 aromatic heterocycles. The Hall–Kier alpha value is -0.290. The average molecular weight is 277 g/mol. The average Bonchev–Trinajstić information content (AvgIpc) is 2.09. The third-order valence-corrected chi connectivity index (χ3v) is 2.25. The van der Waals surface area contributed by atoms with Crippen LogP contribution in [0.15, 0.2) is 24.3 Å². The van der Waals surface area contributed by atoms with Gasteiger partial charge in [0.15, 0.2) is 0 Å². The number of aliphatic hydroxyl groups excluding tert-OH is 1. The van der Waals surface area contributed by atoms with Crippen molar-refractivity contribution in [1.82, 2.24) is 0 Å². The second-order valence-electron chi connectivity index (χ2n) is 2.73. The Morgan fingerprint density at radius 2 is 2.00 bits per heavy atom. The third-order valence-electron chi connectivity index (χ3n) is 1.53. The Morgan fingerprint density at radius 1 is 1.42 bits per heavy atom. The molecule has 12 heavy (non-hydrogen) atoms. The summed E-state index contributed by atoms with van der Waals surface area (Å²) in [5, 5.41) is 12.0. The van der Waals surface area contributed by atoms with Crippen LogP contribution >= 0.6 is 22.6 Å². The summed E-state index contributed by atoms with van der Waals surface area (Å²) in [6, 6.07) is 8.20. The lowest BCUT2D eigenvalue weighted by molar-refractivity contribution is 0.281. The maximum atomic E-state index is 8.79. The number of anilines is 1. The van der Waals surface area contributed by atoms with Gasteiger partial charge in [-0.05, 0) is 53.8 Å². The summed E-state index contributed by atoms with van der Waals surface area (Å²) < 4.78 is 1.22. The highest BCUT2D eigenvalue weighted by Gasteiger charge is 1.98. The van der Waals surface area contributed by atoms with Crippen molar-refractivity contribution in [2.45, 2.75) is 13.0 Å². The second kappa shape index (κ2) is 4.67. The molecule has 0 aliphatic rings. The molecule has 1 atom stereocenters. The third kappa shape index (κ3) is 2.98. The van der Waals surface area contributed by atoms with E-state index < -0.39 is 0 Å². The van der Waals surface area contributed by atoms with Crippen molar-refractivity contribution in [3.8, 4) is 0 Å². The molecule has 0 radical (unpaired) electrons. The zero-order valence-electron chi connectivity index (χ0n) is 6.92. The molecule has 0 bridgehead atoms. The van der Waals surface area contributed by atoms with E-state index in [0.29, 0.717) is 0 Å². The lowest BCUT2D eigenvalue weighted by atomic mass is 10.3. The molecule has 3 heteroatoms. The molecule has 0 spiro atoms. The first-order valence-corrected chi connectivity index (χ1v) is 4.93. The van der Waals surface area contributed by atoms with Gasteiger partial charge in [-0.1, -0.05) is 0 Å². The minimum absolute atomic E-state index is 0.116. The minimum Gasteiger partial charge on any atom is -0.394 e. The first kappa shape index (κ1) is 9.80. The van der Waals surface area contributed by atoms with Gasteiger partial charge in [0.2, 0.25) is 0 Å². The van der Waals surface area contributed by atoms with Gasteiger partial charge in [-0.2, -0.15) is 0 Å². The number of rotatable bonds is 3. The number of aliphatic hydroxyl groups is 1. The molecule has 0 saturated carbocycles. The van der Waals surface area contributed by atoms with E-state index in [0.717, 1.165) is 5.69 Å². The van der Waals surface area contributed by atoms with E-state index in [-0.39, 0.29) is 12.6 Å². The number of hydrogen-bond donors (Lipinski definition) is 2. The summed E-state index contributed by atoms with van der Waals surface area (Å²) >= 11 is 2.26. The molecule has 0 aliphatic carbocycles. The maximum absolute atomic E-state index is 8.79. The molecule has 0 heterocycles. The lowest BCUT2D eigenvalue weighted by Gasteiger charge is -2.11. The highest BCUT2D eigenvalue weighted by atomic mass is 127. The van der Waals surface area contributed by atoms with Crippen LogP contribution in [0.1, 0.15) is 6.92 Å². The number of nitrogens with one attached hydrogen (secondary N) is 1. The van der Waals surface area contributed by atoms with Crippen LogP contribution in [0.4, 0.5) is 5.69 Å². The van der Waals surface area contributed by atoms with Gasteiger partial charge >= 0.3 is 0 Å². The SMILES string of the molecule is CC(CO)Nc1ccc(I)cc1. The normalized spacial score (nSPS) is 12.6. The Labute approximate surface area is 86.1 Å². The highest BCUT2D eigenvalue weighted by Crippen LogP contribution is 2.11. The van der Waals surface area contributed by atoms with E-state index in [2.05, 4.69) is 27.9 Å². The van der Waals surface area contributed by atoms with E-state index in [1.165, 1.54) is 3.57 Å². The van der Waals surface area contributed by atoms with Crippen molar-refractivity contribution >= 4 is 28.3 Å². The summed E-state index contributed by atoms with van der Waals surface area (Å²) in [6.07, 6.45) is 0. The van der Waals surface area contributed by atoms with Gasteiger partial charge in [-0.15, -0.1) is 0 Å². The van der Waals surface area contributed by atoms with E-state index in [9.17, 15) is 0 Å². The molecular weight excluding hydrogens is 265 g/mol. The van der Waals surface area contributed by atoms with Crippen molar-refractivity contribution in [3.05, 3.63) is 27.8 Å². The zero-order valence-corrected chi connectivity index (χ0v) is 9.08. The van der Waals surface area contributed by atoms with Gasteiger partial charge in [0, 0.05) is 15.3 Å². The van der Waals surface area contributed by atoms with Crippen LogP contribution in [-0.4, -0.2) is 17.8 Å². The molecule has 1 unspecified atom stereocenters. The van der Waals surface area contributed by atoms with Crippen LogP contribution in [-0.2, 0) is 0 Å². The number of hydrogen-bond acceptors (Lipinski definition) is 2. The van der Waals surface area contributed by atoms with Gasteiger partial charge < -0.3 is 10.4 Å². The second-order valence-corrected chi connectivity index (χ2v) is 3.98. The van der Waals surface area contributed by atoms with Gasteiger partial charge in [0.25, 0.3) is 0 Å². The molecular formula is C9H12INO. The number of benzene rings is 1. The van der Waals surface area contributed by atoms with Crippen LogP contribution in [0.25, 0.3) is 0 Å². The molecule has 2 N–H and O–H groups in total. The van der Waals surface area contributed by atoms with Gasteiger partial charge in [-0.25, -0.2) is 0 Å². The van der Waals surface area contributed by atoms with Crippen LogP contribution in [0, 0.1) is 3.57 Å². The van der Waals surface area contributed by atoms with E-state index in [4.69, 9.17) is 5.11 Å². The van der Waals surface area contributed by atoms with Crippen LogP contribution < -0.4 is 5.32 Å². The summed E-state index contributed by atoms with van der Waals surface area (Å²) in [6.45, 7) is 2.10. The first-order valence-electron chi connectivity index (χ1n) is 3.85. The minimum atomic E-state index is 0.116. The molecule has 0 aliphatic heterocycles. The molecule has 0 amide bonds. The van der Waals surface area contributed by atoms with Crippen molar-refractivity contribution in [3.63, 3.8) is 0 Å². The smallest absolute Gasteiger partial charge is 0.0630 e. The Bertz CT molecular complexity index is 235. The Balaban J connectivity index is 2.58. The van der Waals surface area contributed by atoms with Gasteiger partial charge in [0.05, 0.1) is 6.61 Å². The zero-order chi connectivity index (χ0) is 8.97. The van der Waals surface area contributed by atoms with E-state index in [1.807, 2.05) is 31.2 Å². The molecule has 1 aromatic carbocycles. The monoisotopic (exact) mass is 277 g/mol. The molecule has 1 rings (SSSR count). The quantitative estimate of drug-likeness (QED) is 0.829. The van der Waals surface area contributed by atoms with Gasteiger partial charge in [-0.3, -0.25) is 0 Å². The van der Waals surface area contributed by atoms with Crippen LogP contribution in [0.3, 0.4) is 0 Å². The molecule has 0 saturated heterocycles. The standard InChI is InChI=1S/C9H12INO/c1-7(6-12)11-9-4-2-8(10)3-5-9/h2-5,7,11-12H,6H2,1H3. The summed E-state index contributed by atoms with van der Waals surface area (Å²) in [5.74, 6) is 0. The maximum Gasteiger partial charge on any atom is 0.0630 e. The Morgan fingerprint density at radius 3 is 2.50 bits per heavy atom. The van der Waals surface area contributed by atoms with Crippen LogP contribution in [0.5, 0.6) is 0 Å². The van der Waals surface area contributed by atoms with E-state index in [1.54, 1.807) is 0 Å². The van der Waals surface area contributed by atoms with Crippen molar-refractivity contribution in [2.24, 2.45) is 0 Å². The molecule has 2 nitrogen and oxygen atoms in total. The molecule has 66 valence electrons. The summed E-state index contributed by atoms with van der Waals surface area (Å²) in [4.78, 5) is 0. The predicted octanol–water partition coefficient (Wildman–Crippen LogP) is 2.08. The lowest BCUT2D eigenvalue weighted by Crippen LogP contribution is -2.18. The van der Waals surface area contributed by atoms with Gasteiger partial charge in [0.1, 0.15) is 0 Å². The fraction of sp³-hybridized carbons (Fsp3) is 0.333. The van der Waals surface area contributed by atoms with Crippen LogP contribution in [0.2, 0.25) is 0 Å². The number of halogens is 1. The highest BCUT2D eigenvalue weighted by molar-refractivity contribution is 14.1. The first-order chi connectivity index (χ1) is 5.72. The summed E-state index contributed by atoms with van der Waals surface area (Å²) in [5.41, 5.74) is 1.05. The largest absolute Gasteiger partial charge is 0.394 e. The fourth-order valence-corrected chi connectivity index (χ4v) is 1.24. The van der Waals surface area contributed by atoms with E-state index >= 15 is 0 Å². The fourth-order valence-electron chi connectivity index (χ4n) is 0.876. The molecule has 0 fully saturated rings. The summed E-state index contributed by atoms with van der Waals surface area (Å²) in [7, 11) is 0. The molecule has 1 aromatic rings. The predicted molar refractivity (Wildman–Crippen MR) is 59.3 cm³/mol. The Kier molecular flexibility index (Phi) is 3.81. The van der Waals surface area contributed by atoms with Crippen molar-refractivity contribution < 1.29 is 5.11 Å².